The molecule has 0 amide bonds. The average molecular weight is 575 g/mol. The number of aliphatic imine (C=N–C) groups is 1. The summed E-state index contributed by atoms with van der Waals surface area (Å²) in [6, 6.07) is 1.32. The number of aromatic nitrogens is 3. The maximum Gasteiger partial charge on any atom is 0.191 e. The highest BCUT2D eigenvalue weighted by Crippen LogP contribution is 2.26. The molecule has 1 aliphatic carbocycles. The third-order valence-electron chi connectivity index (χ3n) is 7.32. The van der Waals surface area contributed by atoms with Crippen LogP contribution in [-0.2, 0) is 18.3 Å². The molecule has 9 nitrogen and oxygen atoms in total. The number of piperidine rings is 1. The molecule has 10 heteroatoms. The summed E-state index contributed by atoms with van der Waals surface area (Å²) < 4.78 is 7.46. The average Bonchev–Trinajstić information content (AvgIpc) is 3.47. The number of aryl methyl sites for hydroxylation is 1. The summed E-state index contributed by atoms with van der Waals surface area (Å²) in [4.78, 5) is 10.1. The highest BCUT2D eigenvalue weighted by molar-refractivity contribution is 14.0. The van der Waals surface area contributed by atoms with Crippen molar-refractivity contribution in [2.45, 2.75) is 70.5 Å². The minimum absolute atomic E-state index is 0. The lowest BCUT2D eigenvalue weighted by Gasteiger charge is -2.36. The topological polar surface area (TPSA) is 82.8 Å². The van der Waals surface area contributed by atoms with Crippen LogP contribution in [0, 0.1) is 6.92 Å². The highest BCUT2D eigenvalue weighted by atomic mass is 127. The molecule has 3 fully saturated rings. The molecule has 0 bridgehead atoms. The van der Waals surface area contributed by atoms with Crippen LogP contribution >= 0.6 is 24.0 Å². The summed E-state index contributed by atoms with van der Waals surface area (Å²) in [5, 5.41) is 15.7. The van der Waals surface area contributed by atoms with Crippen LogP contribution in [0.2, 0.25) is 0 Å². The molecule has 0 radical (unpaired) electrons. The van der Waals surface area contributed by atoms with Gasteiger partial charge in [-0.15, -0.1) is 34.2 Å². The van der Waals surface area contributed by atoms with Crippen LogP contribution in [-0.4, -0.2) is 95.1 Å². The summed E-state index contributed by atoms with van der Waals surface area (Å²) in [7, 11) is 2.00. The van der Waals surface area contributed by atoms with Crippen molar-refractivity contribution in [3.63, 3.8) is 0 Å². The number of halogens is 1. The standard InChI is InChI=1S/C23H42N8O.HI/c1-19-27-28-22(29(19)2)18-25-23(24-10-5-11-30-14-16-32-17-15-30)26-20-8-12-31(13-9-20)21-6-3-4-7-21;/h20-21H,3-18H2,1-2H3,(H2,24,25,26);1H. The van der Waals surface area contributed by atoms with Crippen LogP contribution in [0.5, 0.6) is 0 Å². The van der Waals surface area contributed by atoms with E-state index in [9.17, 15) is 0 Å². The zero-order chi connectivity index (χ0) is 22.2. The van der Waals surface area contributed by atoms with Crippen molar-refractivity contribution in [1.29, 1.82) is 0 Å². The molecule has 4 rings (SSSR count). The summed E-state index contributed by atoms with van der Waals surface area (Å²) in [6.45, 7) is 10.8. The normalized spacial score (nSPS) is 21.8. The van der Waals surface area contributed by atoms with Gasteiger partial charge in [0.1, 0.15) is 12.4 Å². The van der Waals surface area contributed by atoms with E-state index in [1.165, 1.54) is 51.6 Å². The third-order valence-corrected chi connectivity index (χ3v) is 7.32. The molecular formula is C23H43IN8O. The van der Waals surface area contributed by atoms with Crippen LogP contribution in [0.1, 0.15) is 56.6 Å². The quantitative estimate of drug-likeness (QED) is 0.213. The van der Waals surface area contributed by atoms with E-state index in [4.69, 9.17) is 9.73 Å². The van der Waals surface area contributed by atoms with Crippen molar-refractivity contribution in [2.24, 2.45) is 12.0 Å². The van der Waals surface area contributed by atoms with Gasteiger partial charge in [-0.05, 0) is 45.6 Å². The minimum Gasteiger partial charge on any atom is -0.379 e. The molecule has 1 aromatic heterocycles. The molecular weight excluding hydrogens is 531 g/mol. The van der Waals surface area contributed by atoms with Crippen LogP contribution < -0.4 is 10.6 Å². The molecule has 0 spiro atoms. The number of nitrogens with one attached hydrogen (secondary N) is 2. The lowest BCUT2D eigenvalue weighted by molar-refractivity contribution is 0.0376. The van der Waals surface area contributed by atoms with Crippen molar-refractivity contribution >= 4 is 29.9 Å². The van der Waals surface area contributed by atoms with Gasteiger partial charge in [-0.3, -0.25) is 4.90 Å². The van der Waals surface area contributed by atoms with Crippen molar-refractivity contribution in [2.75, 3.05) is 52.5 Å². The van der Waals surface area contributed by atoms with Crippen molar-refractivity contribution in [3.05, 3.63) is 11.6 Å². The lowest BCUT2D eigenvalue weighted by atomic mass is 10.0. The molecule has 0 aromatic carbocycles. The van der Waals surface area contributed by atoms with Crippen LogP contribution in [0.4, 0.5) is 0 Å². The molecule has 188 valence electrons. The van der Waals surface area contributed by atoms with Gasteiger partial charge >= 0.3 is 0 Å². The second-order valence-electron chi connectivity index (χ2n) is 9.51. The zero-order valence-corrected chi connectivity index (χ0v) is 22.8. The first-order valence-corrected chi connectivity index (χ1v) is 12.6. The Kier molecular flexibility index (Phi) is 11.1. The Labute approximate surface area is 216 Å². The summed E-state index contributed by atoms with van der Waals surface area (Å²) in [6.07, 6.45) is 9.09. The molecule has 33 heavy (non-hydrogen) atoms. The Hall–Kier alpha value is -0.980. The molecule has 1 aromatic rings. The first-order valence-electron chi connectivity index (χ1n) is 12.6. The van der Waals surface area contributed by atoms with E-state index in [1.807, 2.05) is 18.5 Å². The van der Waals surface area contributed by atoms with E-state index in [1.54, 1.807) is 0 Å². The van der Waals surface area contributed by atoms with Gasteiger partial charge in [0.25, 0.3) is 0 Å². The fraction of sp³-hybridized carbons (Fsp3) is 0.870. The second-order valence-corrected chi connectivity index (χ2v) is 9.51. The van der Waals surface area contributed by atoms with Crippen molar-refractivity contribution < 1.29 is 4.74 Å². The van der Waals surface area contributed by atoms with Gasteiger partial charge in [0.2, 0.25) is 0 Å². The van der Waals surface area contributed by atoms with Gasteiger partial charge in [0.15, 0.2) is 11.8 Å². The Bertz CT molecular complexity index is 722. The molecule has 0 unspecified atom stereocenters. The van der Waals surface area contributed by atoms with Gasteiger partial charge in [-0.25, -0.2) is 4.99 Å². The molecule has 2 N–H and O–H groups in total. The van der Waals surface area contributed by atoms with E-state index >= 15 is 0 Å². The van der Waals surface area contributed by atoms with E-state index in [2.05, 4.69) is 30.6 Å². The third kappa shape index (κ3) is 8.03. The monoisotopic (exact) mass is 574 g/mol. The Morgan fingerprint density at radius 1 is 1.06 bits per heavy atom. The smallest absolute Gasteiger partial charge is 0.191 e. The van der Waals surface area contributed by atoms with Gasteiger partial charge in [0, 0.05) is 51.9 Å². The van der Waals surface area contributed by atoms with E-state index in [0.29, 0.717) is 12.6 Å². The first-order chi connectivity index (χ1) is 15.7. The number of hydrogen-bond acceptors (Lipinski definition) is 6. The molecule has 1 saturated carbocycles. The molecule has 3 aliphatic rings. The summed E-state index contributed by atoms with van der Waals surface area (Å²) in [5.41, 5.74) is 0. The van der Waals surface area contributed by atoms with E-state index in [-0.39, 0.29) is 24.0 Å². The predicted molar refractivity (Wildman–Crippen MR) is 142 cm³/mol. The van der Waals surface area contributed by atoms with Crippen LogP contribution in [0.3, 0.4) is 0 Å². The van der Waals surface area contributed by atoms with Crippen molar-refractivity contribution in [3.8, 4) is 0 Å². The molecule has 0 atom stereocenters. The maximum atomic E-state index is 5.45. The van der Waals surface area contributed by atoms with Crippen LogP contribution in [0.25, 0.3) is 0 Å². The molecule has 2 aliphatic heterocycles. The summed E-state index contributed by atoms with van der Waals surface area (Å²) >= 11 is 0. The summed E-state index contributed by atoms with van der Waals surface area (Å²) in [5.74, 6) is 2.72. The lowest BCUT2D eigenvalue weighted by Crippen LogP contribution is -2.50. The number of likely N-dealkylation sites (tertiary alicyclic amines) is 1. The number of hydrogen-bond donors (Lipinski definition) is 2. The highest BCUT2D eigenvalue weighted by Gasteiger charge is 2.27. The van der Waals surface area contributed by atoms with E-state index in [0.717, 1.165) is 69.5 Å². The molecule has 2 saturated heterocycles. The molecule has 3 heterocycles. The second kappa shape index (κ2) is 13.8. The van der Waals surface area contributed by atoms with Gasteiger partial charge in [0.05, 0.1) is 13.2 Å². The SMILES string of the molecule is Cc1nnc(CN=C(NCCCN2CCOCC2)NC2CCN(C3CCCC3)CC2)n1C.I. The number of morpholine rings is 1. The van der Waals surface area contributed by atoms with Crippen LogP contribution in [0.15, 0.2) is 4.99 Å². The number of rotatable bonds is 8. The fourth-order valence-electron chi connectivity index (χ4n) is 5.10. The first kappa shape index (κ1) is 26.6. The maximum absolute atomic E-state index is 5.45. The number of guanidine groups is 1. The largest absolute Gasteiger partial charge is 0.379 e. The minimum atomic E-state index is 0. The predicted octanol–water partition coefficient (Wildman–Crippen LogP) is 1.91. The Morgan fingerprint density at radius 2 is 1.79 bits per heavy atom. The van der Waals surface area contributed by atoms with Gasteiger partial charge in [-0.1, -0.05) is 12.8 Å². The van der Waals surface area contributed by atoms with Crippen molar-refractivity contribution in [1.82, 2.24) is 35.2 Å². The van der Waals surface area contributed by atoms with Gasteiger partial charge < -0.3 is 24.8 Å². The van der Waals surface area contributed by atoms with Gasteiger partial charge in [-0.2, -0.15) is 0 Å². The fourth-order valence-corrected chi connectivity index (χ4v) is 5.10. The Balaban J connectivity index is 0.00000306. The zero-order valence-electron chi connectivity index (χ0n) is 20.5. The van der Waals surface area contributed by atoms with E-state index < -0.39 is 0 Å². The number of nitrogens with zero attached hydrogens (tertiary/aromatic N) is 6. The number of ether oxygens (including phenoxy) is 1. The Morgan fingerprint density at radius 3 is 2.45 bits per heavy atom.